The molecule has 0 bridgehead atoms. The number of aromatic nitrogens is 3. The van der Waals surface area contributed by atoms with Crippen molar-refractivity contribution in [2.75, 3.05) is 0 Å². The number of benzene rings is 9. The predicted molar refractivity (Wildman–Crippen MR) is 255 cm³/mol. The van der Waals surface area contributed by atoms with Crippen LogP contribution in [0.25, 0.3) is 112 Å². The van der Waals surface area contributed by atoms with E-state index in [1.54, 1.807) is 0 Å². The van der Waals surface area contributed by atoms with Crippen LogP contribution >= 0.6 is 0 Å². The van der Waals surface area contributed by atoms with Crippen LogP contribution in [0.5, 0.6) is 0 Å². The van der Waals surface area contributed by atoms with Gasteiger partial charge < -0.3 is 4.42 Å². The Hall–Kier alpha value is -8.72. The van der Waals surface area contributed by atoms with Crippen LogP contribution in [0.1, 0.15) is 5.56 Å². The van der Waals surface area contributed by atoms with Crippen LogP contribution in [-0.4, -0.2) is 15.0 Å². The molecule has 0 spiro atoms. The predicted octanol–water partition coefficient (Wildman–Crippen LogP) is 15.0. The SMILES string of the molecule is N#Cc1cccc(-c2ccc(-c3nc(-c4cccc(-c5ccccc5)c4)nc(-c4ccc5c(c4)oc4cc(-c6ccccc6)cc(-c6ccc(-c7ccccc7)cc6)c45)n3)cc2)c1. The Morgan fingerprint density at radius 2 is 0.746 bits per heavy atom. The normalized spacial score (nSPS) is 11.2. The van der Waals surface area contributed by atoms with Gasteiger partial charge in [0.15, 0.2) is 17.5 Å². The van der Waals surface area contributed by atoms with Gasteiger partial charge in [-0.3, -0.25) is 0 Å². The monoisotopic (exact) mass is 804 g/mol. The molecule has 5 nitrogen and oxygen atoms in total. The lowest BCUT2D eigenvalue weighted by molar-refractivity contribution is 0.669. The van der Waals surface area contributed by atoms with Gasteiger partial charge in [-0.25, -0.2) is 15.0 Å². The Labute approximate surface area is 364 Å². The van der Waals surface area contributed by atoms with E-state index in [4.69, 9.17) is 19.4 Å². The van der Waals surface area contributed by atoms with Gasteiger partial charge in [-0.15, -0.1) is 0 Å². The molecule has 0 fully saturated rings. The lowest BCUT2D eigenvalue weighted by Gasteiger charge is -2.11. The number of furan rings is 1. The smallest absolute Gasteiger partial charge is 0.164 e. The summed E-state index contributed by atoms with van der Waals surface area (Å²) in [5.74, 6) is 1.66. The summed E-state index contributed by atoms with van der Waals surface area (Å²) in [5.41, 5.74) is 15.6. The molecule has 0 aliphatic carbocycles. The lowest BCUT2D eigenvalue weighted by atomic mass is 9.93. The third-order valence-corrected chi connectivity index (χ3v) is 11.6. The summed E-state index contributed by atoms with van der Waals surface area (Å²) in [5, 5.41) is 11.6. The van der Waals surface area contributed by atoms with E-state index < -0.39 is 0 Å². The van der Waals surface area contributed by atoms with Crippen molar-refractivity contribution in [3.8, 4) is 95.9 Å². The van der Waals surface area contributed by atoms with Crippen LogP contribution in [0, 0.1) is 11.3 Å². The molecule has 0 unspecified atom stereocenters. The Kier molecular flexibility index (Phi) is 9.50. The Morgan fingerprint density at radius 1 is 0.317 bits per heavy atom. The summed E-state index contributed by atoms with van der Waals surface area (Å²) in [6.45, 7) is 0. The van der Waals surface area contributed by atoms with E-state index in [0.29, 0.717) is 23.0 Å². The minimum atomic E-state index is 0.537. The first kappa shape index (κ1) is 37.3. The highest BCUT2D eigenvalue weighted by Gasteiger charge is 2.19. The summed E-state index contributed by atoms with van der Waals surface area (Å²) >= 11 is 0. The molecule has 63 heavy (non-hydrogen) atoms. The van der Waals surface area contributed by atoms with Crippen LogP contribution < -0.4 is 0 Å². The minimum Gasteiger partial charge on any atom is -0.456 e. The number of nitrogens with zero attached hydrogens (tertiary/aromatic N) is 4. The fraction of sp³-hybridized carbons (Fsp3) is 0. The van der Waals surface area contributed by atoms with E-state index in [1.165, 1.54) is 11.1 Å². The van der Waals surface area contributed by atoms with Crippen LogP contribution in [-0.2, 0) is 0 Å². The third kappa shape index (κ3) is 7.33. The van der Waals surface area contributed by atoms with Crippen molar-refractivity contribution in [1.82, 2.24) is 15.0 Å². The molecule has 0 aliphatic rings. The van der Waals surface area contributed by atoms with Gasteiger partial charge in [0, 0.05) is 27.5 Å². The molecule has 0 saturated heterocycles. The quantitative estimate of drug-likeness (QED) is 0.153. The summed E-state index contributed by atoms with van der Waals surface area (Å²) in [7, 11) is 0. The van der Waals surface area contributed by atoms with E-state index in [9.17, 15) is 5.26 Å². The molecule has 0 radical (unpaired) electrons. The zero-order valence-corrected chi connectivity index (χ0v) is 34.0. The van der Waals surface area contributed by atoms with Crippen LogP contribution in [0.3, 0.4) is 0 Å². The highest BCUT2D eigenvalue weighted by molar-refractivity contribution is 6.14. The molecule has 294 valence electrons. The largest absolute Gasteiger partial charge is 0.456 e. The maximum atomic E-state index is 9.50. The molecular weight excluding hydrogens is 769 g/mol. The van der Waals surface area contributed by atoms with Crippen LogP contribution in [0.4, 0.5) is 0 Å². The number of hydrogen-bond acceptors (Lipinski definition) is 5. The zero-order valence-electron chi connectivity index (χ0n) is 34.0. The van der Waals surface area contributed by atoms with Crippen molar-refractivity contribution < 1.29 is 4.42 Å². The Bertz CT molecular complexity index is 3480. The first-order valence-corrected chi connectivity index (χ1v) is 20.9. The first-order valence-electron chi connectivity index (χ1n) is 20.9. The Balaban J connectivity index is 1.05. The fourth-order valence-corrected chi connectivity index (χ4v) is 8.35. The molecule has 0 atom stereocenters. The molecule has 0 amide bonds. The van der Waals surface area contributed by atoms with Gasteiger partial charge in [-0.1, -0.05) is 176 Å². The van der Waals surface area contributed by atoms with Crippen LogP contribution in [0.15, 0.2) is 223 Å². The van der Waals surface area contributed by atoms with E-state index in [1.807, 2.05) is 97.1 Å². The molecular formula is C58H36N4O. The fourth-order valence-electron chi connectivity index (χ4n) is 8.35. The average molecular weight is 805 g/mol. The molecule has 2 aromatic heterocycles. The Morgan fingerprint density at radius 3 is 1.38 bits per heavy atom. The third-order valence-electron chi connectivity index (χ3n) is 11.6. The minimum absolute atomic E-state index is 0.537. The van der Waals surface area contributed by atoms with E-state index in [-0.39, 0.29) is 0 Å². The van der Waals surface area contributed by atoms with Crippen molar-refractivity contribution in [2.45, 2.75) is 0 Å². The van der Waals surface area contributed by atoms with Gasteiger partial charge >= 0.3 is 0 Å². The van der Waals surface area contributed by atoms with Crippen molar-refractivity contribution in [3.05, 3.63) is 224 Å². The molecule has 0 N–H and O–H groups in total. The maximum Gasteiger partial charge on any atom is 0.164 e. The number of rotatable bonds is 8. The maximum absolute atomic E-state index is 9.50. The van der Waals surface area contributed by atoms with Gasteiger partial charge in [0.1, 0.15) is 11.2 Å². The second kappa shape index (κ2) is 16.0. The van der Waals surface area contributed by atoms with Gasteiger partial charge in [0.25, 0.3) is 0 Å². The van der Waals surface area contributed by atoms with Gasteiger partial charge in [0.2, 0.25) is 0 Å². The second-order valence-electron chi connectivity index (χ2n) is 15.5. The molecule has 0 saturated carbocycles. The van der Waals surface area contributed by atoms with Crippen molar-refractivity contribution in [1.29, 1.82) is 5.26 Å². The highest BCUT2D eigenvalue weighted by atomic mass is 16.3. The van der Waals surface area contributed by atoms with E-state index in [2.05, 4.69) is 127 Å². The molecule has 9 aromatic carbocycles. The topological polar surface area (TPSA) is 75.6 Å². The average Bonchev–Trinajstić information content (AvgIpc) is 3.75. The summed E-state index contributed by atoms with van der Waals surface area (Å²) in [4.78, 5) is 15.3. The van der Waals surface area contributed by atoms with Gasteiger partial charge in [-0.2, -0.15) is 5.26 Å². The molecule has 2 heterocycles. The summed E-state index contributed by atoms with van der Waals surface area (Å²) < 4.78 is 6.81. The van der Waals surface area contributed by atoms with E-state index >= 15 is 0 Å². The van der Waals surface area contributed by atoms with Gasteiger partial charge in [-0.05, 0) is 98.1 Å². The zero-order chi connectivity index (χ0) is 42.1. The van der Waals surface area contributed by atoms with Gasteiger partial charge in [0.05, 0.1) is 11.6 Å². The van der Waals surface area contributed by atoms with Crippen molar-refractivity contribution in [2.24, 2.45) is 0 Å². The van der Waals surface area contributed by atoms with Crippen molar-refractivity contribution in [3.63, 3.8) is 0 Å². The standard InChI is InChI=1S/C58H36N4O/c59-37-38-12-10-19-46(32-38)43-24-28-45(29-25-43)56-60-57(48-21-11-20-47(33-48)40-15-6-2-7-16-40)62-58(61-56)49-30-31-51-53(35-49)63-54-36-50(41-17-8-3-9-18-41)34-52(55(51)54)44-26-22-42(23-27-44)39-13-4-1-5-14-39/h1-36H. The number of fused-ring (bicyclic) bond motifs is 3. The lowest BCUT2D eigenvalue weighted by Crippen LogP contribution is -2.00. The second-order valence-corrected chi connectivity index (χ2v) is 15.5. The highest BCUT2D eigenvalue weighted by Crippen LogP contribution is 2.42. The first-order chi connectivity index (χ1) is 31.1. The van der Waals surface area contributed by atoms with Crippen LogP contribution in [0.2, 0.25) is 0 Å². The molecule has 11 rings (SSSR count). The van der Waals surface area contributed by atoms with E-state index in [0.717, 1.165) is 83.1 Å². The number of hydrogen-bond donors (Lipinski definition) is 0. The summed E-state index contributed by atoms with van der Waals surface area (Å²) in [6.07, 6.45) is 0. The molecule has 11 aromatic rings. The molecule has 5 heteroatoms. The van der Waals surface area contributed by atoms with Crippen molar-refractivity contribution >= 4 is 21.9 Å². The number of nitriles is 1. The summed E-state index contributed by atoms with van der Waals surface area (Å²) in [6, 6.07) is 77.0. The molecule has 0 aliphatic heterocycles.